The van der Waals surface area contributed by atoms with Crippen molar-refractivity contribution in [3.05, 3.63) is 113 Å². The Balaban J connectivity index is 1.84. The van der Waals surface area contributed by atoms with Gasteiger partial charge in [0.2, 0.25) is 0 Å². The van der Waals surface area contributed by atoms with Gasteiger partial charge in [0.05, 0.1) is 6.04 Å². The van der Waals surface area contributed by atoms with Crippen LogP contribution in [0.3, 0.4) is 0 Å². The molecule has 0 radical (unpaired) electrons. The van der Waals surface area contributed by atoms with E-state index in [-0.39, 0.29) is 12.3 Å². The van der Waals surface area contributed by atoms with Crippen LogP contribution in [0.4, 0.5) is 8.78 Å². The SMILES string of the molecule is O=C1C(O)=C(c2ccccc2)C(c2ccc(F)c(F)c2)N1Cc1ccccc1. The summed E-state index contributed by atoms with van der Waals surface area (Å²) in [6.07, 6.45) is 0. The van der Waals surface area contributed by atoms with Crippen molar-refractivity contribution in [1.29, 1.82) is 0 Å². The lowest BCUT2D eigenvalue weighted by Crippen LogP contribution is -2.30. The number of aliphatic hydroxyl groups excluding tert-OH is 1. The quantitative estimate of drug-likeness (QED) is 0.694. The molecule has 0 bridgehead atoms. The first-order chi connectivity index (χ1) is 13.6. The molecule has 0 saturated carbocycles. The summed E-state index contributed by atoms with van der Waals surface area (Å²) < 4.78 is 27.4. The van der Waals surface area contributed by atoms with E-state index in [4.69, 9.17) is 0 Å². The van der Waals surface area contributed by atoms with Gasteiger partial charge >= 0.3 is 0 Å². The second kappa shape index (κ2) is 7.27. The van der Waals surface area contributed by atoms with Gasteiger partial charge in [-0.3, -0.25) is 4.79 Å². The molecule has 3 nitrogen and oxygen atoms in total. The fraction of sp³-hybridized carbons (Fsp3) is 0.0870. The summed E-state index contributed by atoms with van der Waals surface area (Å²) in [6, 6.07) is 21.1. The van der Waals surface area contributed by atoms with Crippen molar-refractivity contribution in [3.8, 4) is 0 Å². The molecule has 0 fully saturated rings. The minimum Gasteiger partial charge on any atom is -0.503 e. The van der Waals surface area contributed by atoms with Gasteiger partial charge in [0, 0.05) is 12.1 Å². The second-order valence-electron chi connectivity index (χ2n) is 6.62. The molecule has 1 atom stereocenters. The van der Waals surface area contributed by atoms with Gasteiger partial charge in [-0.15, -0.1) is 0 Å². The second-order valence-corrected chi connectivity index (χ2v) is 6.62. The molecule has 28 heavy (non-hydrogen) atoms. The molecule has 5 heteroatoms. The number of benzene rings is 3. The Labute approximate surface area is 161 Å². The van der Waals surface area contributed by atoms with Crippen molar-refractivity contribution in [2.75, 3.05) is 0 Å². The number of hydrogen-bond donors (Lipinski definition) is 1. The molecular weight excluding hydrogens is 360 g/mol. The lowest BCUT2D eigenvalue weighted by molar-refractivity contribution is -0.130. The maximum absolute atomic E-state index is 14.0. The van der Waals surface area contributed by atoms with Crippen LogP contribution >= 0.6 is 0 Å². The van der Waals surface area contributed by atoms with E-state index in [1.165, 1.54) is 11.0 Å². The number of nitrogens with zero attached hydrogens (tertiary/aromatic N) is 1. The summed E-state index contributed by atoms with van der Waals surface area (Å²) in [5.41, 5.74) is 2.29. The monoisotopic (exact) mass is 377 g/mol. The van der Waals surface area contributed by atoms with Crippen LogP contribution in [0.2, 0.25) is 0 Å². The molecule has 140 valence electrons. The van der Waals surface area contributed by atoms with E-state index in [9.17, 15) is 18.7 Å². The van der Waals surface area contributed by atoms with Gasteiger partial charge in [-0.25, -0.2) is 8.78 Å². The summed E-state index contributed by atoms with van der Waals surface area (Å²) in [7, 11) is 0. The van der Waals surface area contributed by atoms with Crippen LogP contribution in [0.5, 0.6) is 0 Å². The van der Waals surface area contributed by atoms with Crippen molar-refractivity contribution in [2.45, 2.75) is 12.6 Å². The smallest absolute Gasteiger partial charge is 0.290 e. The van der Waals surface area contributed by atoms with E-state index < -0.39 is 23.6 Å². The van der Waals surface area contributed by atoms with E-state index in [2.05, 4.69) is 0 Å². The van der Waals surface area contributed by atoms with E-state index in [1.807, 2.05) is 36.4 Å². The van der Waals surface area contributed by atoms with Crippen LogP contribution in [0.1, 0.15) is 22.7 Å². The van der Waals surface area contributed by atoms with Crippen molar-refractivity contribution in [3.63, 3.8) is 0 Å². The third kappa shape index (κ3) is 3.16. The van der Waals surface area contributed by atoms with Crippen molar-refractivity contribution in [1.82, 2.24) is 4.90 Å². The minimum absolute atomic E-state index is 0.226. The van der Waals surface area contributed by atoms with Crippen LogP contribution in [-0.2, 0) is 11.3 Å². The van der Waals surface area contributed by atoms with Crippen molar-refractivity contribution < 1.29 is 18.7 Å². The zero-order valence-electron chi connectivity index (χ0n) is 14.8. The van der Waals surface area contributed by atoms with Crippen LogP contribution < -0.4 is 0 Å². The molecule has 0 aromatic heterocycles. The van der Waals surface area contributed by atoms with Gasteiger partial charge in [-0.2, -0.15) is 0 Å². The van der Waals surface area contributed by atoms with Gasteiger partial charge in [-0.1, -0.05) is 66.7 Å². The predicted octanol–water partition coefficient (Wildman–Crippen LogP) is 5.02. The number of carbonyl (C=O) groups is 1. The summed E-state index contributed by atoms with van der Waals surface area (Å²) in [4.78, 5) is 14.4. The number of amides is 1. The molecule has 0 saturated heterocycles. The third-order valence-electron chi connectivity index (χ3n) is 4.84. The number of carbonyl (C=O) groups excluding carboxylic acids is 1. The number of aliphatic hydroxyl groups is 1. The molecule has 1 unspecified atom stereocenters. The molecule has 1 aliphatic rings. The van der Waals surface area contributed by atoms with Gasteiger partial charge in [0.1, 0.15) is 0 Å². The van der Waals surface area contributed by atoms with Crippen LogP contribution in [0, 0.1) is 11.6 Å². The highest BCUT2D eigenvalue weighted by molar-refractivity contribution is 6.05. The maximum atomic E-state index is 14.0. The Kier molecular flexibility index (Phi) is 4.65. The first-order valence-corrected chi connectivity index (χ1v) is 8.84. The normalized spacial score (nSPS) is 16.7. The summed E-state index contributed by atoms with van der Waals surface area (Å²) in [5.74, 6) is -2.88. The molecule has 1 amide bonds. The fourth-order valence-corrected chi connectivity index (χ4v) is 3.54. The lowest BCUT2D eigenvalue weighted by Gasteiger charge is -2.27. The van der Waals surface area contributed by atoms with E-state index in [1.54, 1.807) is 24.3 Å². The van der Waals surface area contributed by atoms with E-state index in [0.29, 0.717) is 16.7 Å². The zero-order chi connectivity index (χ0) is 19.7. The highest BCUT2D eigenvalue weighted by Crippen LogP contribution is 2.43. The standard InChI is InChI=1S/C23H17F2NO2/c24-18-12-11-17(13-19(18)25)21-20(16-9-5-2-6-10-16)22(27)23(28)26(21)14-15-7-3-1-4-8-15/h1-13,21,27H,14H2. The first-order valence-electron chi connectivity index (χ1n) is 8.84. The van der Waals surface area contributed by atoms with Gasteiger partial charge in [0.15, 0.2) is 17.4 Å². The molecule has 4 rings (SSSR count). The highest BCUT2D eigenvalue weighted by atomic mass is 19.2. The molecule has 1 N–H and O–H groups in total. The number of rotatable bonds is 4. The predicted molar refractivity (Wildman–Crippen MR) is 102 cm³/mol. The van der Waals surface area contributed by atoms with E-state index in [0.717, 1.165) is 17.7 Å². The molecule has 0 spiro atoms. The van der Waals surface area contributed by atoms with Crippen LogP contribution in [0.15, 0.2) is 84.6 Å². The Bertz CT molecular complexity index is 1050. The number of hydrogen-bond acceptors (Lipinski definition) is 2. The molecule has 3 aromatic rings. The molecule has 1 aliphatic heterocycles. The minimum atomic E-state index is -0.997. The van der Waals surface area contributed by atoms with Gasteiger partial charge in [0.25, 0.3) is 5.91 Å². The molecular formula is C23H17F2NO2. The molecule has 1 heterocycles. The Morgan fingerprint density at radius 1 is 0.857 bits per heavy atom. The summed E-state index contributed by atoms with van der Waals surface area (Å²) in [5, 5.41) is 10.6. The third-order valence-corrected chi connectivity index (χ3v) is 4.84. The first kappa shape index (κ1) is 17.9. The molecule has 0 aliphatic carbocycles. The van der Waals surface area contributed by atoms with Crippen LogP contribution in [-0.4, -0.2) is 15.9 Å². The topological polar surface area (TPSA) is 40.5 Å². The largest absolute Gasteiger partial charge is 0.503 e. The van der Waals surface area contributed by atoms with E-state index >= 15 is 0 Å². The average Bonchev–Trinajstić information content (AvgIpc) is 2.96. The molecule has 3 aromatic carbocycles. The van der Waals surface area contributed by atoms with Crippen molar-refractivity contribution in [2.24, 2.45) is 0 Å². The lowest BCUT2D eigenvalue weighted by atomic mass is 9.93. The maximum Gasteiger partial charge on any atom is 0.290 e. The average molecular weight is 377 g/mol. The van der Waals surface area contributed by atoms with Gasteiger partial charge < -0.3 is 10.0 Å². The Morgan fingerprint density at radius 2 is 1.50 bits per heavy atom. The summed E-state index contributed by atoms with van der Waals surface area (Å²) in [6.45, 7) is 0.226. The van der Waals surface area contributed by atoms with Crippen LogP contribution in [0.25, 0.3) is 5.57 Å². The Hall–Kier alpha value is -3.47. The van der Waals surface area contributed by atoms with Gasteiger partial charge in [-0.05, 0) is 28.8 Å². The zero-order valence-corrected chi connectivity index (χ0v) is 14.8. The van der Waals surface area contributed by atoms with Crippen molar-refractivity contribution >= 4 is 11.5 Å². The summed E-state index contributed by atoms with van der Waals surface area (Å²) >= 11 is 0. The highest BCUT2D eigenvalue weighted by Gasteiger charge is 2.41. The Morgan fingerprint density at radius 3 is 2.14 bits per heavy atom. The number of halogens is 2. The fourth-order valence-electron chi connectivity index (χ4n) is 3.54.